The first-order valence-corrected chi connectivity index (χ1v) is 10.8. The molecule has 13 heteroatoms. The van der Waals surface area contributed by atoms with Crippen molar-refractivity contribution >= 4 is 21.5 Å². The maximum absolute atomic E-state index is 15.4. The Morgan fingerprint density at radius 1 is 0.450 bits per heavy atom. The van der Waals surface area contributed by atoms with Gasteiger partial charge in [0.15, 0.2) is 58.1 Å². The average molecular weight is 576 g/mol. The fourth-order valence-electron chi connectivity index (χ4n) is 4.58. The topological polar surface area (TPSA) is 9.23 Å². The van der Waals surface area contributed by atoms with Gasteiger partial charge in [0.25, 0.3) is 0 Å². The summed E-state index contributed by atoms with van der Waals surface area (Å²) in [4.78, 5) is 0. The first-order chi connectivity index (χ1) is 18.8. The summed E-state index contributed by atoms with van der Waals surface area (Å²) in [6, 6.07) is 2.16. The molecule has 0 amide bonds. The second-order valence-corrected chi connectivity index (χ2v) is 8.36. The van der Waals surface area contributed by atoms with Crippen LogP contribution in [0.3, 0.4) is 0 Å². The lowest BCUT2D eigenvalue weighted by Gasteiger charge is -2.20. The summed E-state index contributed by atoms with van der Waals surface area (Å²) in [5.74, 6) is -27.1. The summed E-state index contributed by atoms with van der Waals surface area (Å²) in [5.41, 5.74) is -4.93. The molecule has 0 aliphatic rings. The van der Waals surface area contributed by atoms with Crippen LogP contribution in [0.25, 0.3) is 43.8 Å². The Bertz CT molecular complexity index is 1860. The molecule has 0 bridgehead atoms. The molecular weight excluding hydrogens is 568 g/mol. The molecule has 5 aromatic rings. The standard InChI is InChI=1S/C27H8F12O/c1-40-27-25(38)21(34)17(22(35)26(27)39)14-9-3-2-8(28)6-10(9)13(7-4-11(29)18(31)12(30)5-7)15-16(14)20(33)24(37)23(36)19(15)32/h2-6H,1H3. The van der Waals surface area contributed by atoms with Crippen molar-refractivity contribution in [1.29, 1.82) is 0 Å². The van der Waals surface area contributed by atoms with E-state index in [1.165, 1.54) is 0 Å². The van der Waals surface area contributed by atoms with Crippen LogP contribution in [-0.4, -0.2) is 7.11 Å². The predicted octanol–water partition coefficient (Wildman–Crippen LogP) is 9.00. The number of ether oxygens (including phenoxy) is 1. The minimum Gasteiger partial charge on any atom is -0.491 e. The molecule has 0 spiro atoms. The normalized spacial score (nSPS) is 11.6. The number of fused-ring (bicyclic) bond motifs is 2. The molecule has 0 saturated carbocycles. The van der Waals surface area contributed by atoms with Crippen LogP contribution in [0.15, 0.2) is 30.3 Å². The van der Waals surface area contributed by atoms with Crippen LogP contribution < -0.4 is 4.74 Å². The third-order valence-corrected chi connectivity index (χ3v) is 6.24. The van der Waals surface area contributed by atoms with E-state index in [-0.39, 0.29) is 12.1 Å². The average Bonchev–Trinajstić information content (AvgIpc) is 2.92. The van der Waals surface area contributed by atoms with Crippen molar-refractivity contribution in [2.75, 3.05) is 7.11 Å². The van der Waals surface area contributed by atoms with Crippen LogP contribution in [0.2, 0.25) is 0 Å². The van der Waals surface area contributed by atoms with Gasteiger partial charge in [0, 0.05) is 21.9 Å². The van der Waals surface area contributed by atoms with E-state index in [1.807, 2.05) is 0 Å². The van der Waals surface area contributed by atoms with E-state index >= 15 is 17.6 Å². The maximum Gasteiger partial charge on any atom is 0.204 e. The van der Waals surface area contributed by atoms with Crippen molar-refractivity contribution in [2.45, 2.75) is 0 Å². The molecule has 1 nitrogen and oxygen atoms in total. The molecule has 0 unspecified atom stereocenters. The Labute approximate surface area is 214 Å². The van der Waals surface area contributed by atoms with Crippen LogP contribution in [0.4, 0.5) is 52.7 Å². The minimum absolute atomic E-state index is 0.226. The minimum atomic E-state index is -2.54. The molecule has 5 aromatic carbocycles. The Morgan fingerprint density at radius 2 is 0.950 bits per heavy atom. The number of hydrogen-bond acceptors (Lipinski definition) is 1. The van der Waals surface area contributed by atoms with Crippen molar-refractivity contribution in [3.63, 3.8) is 0 Å². The largest absolute Gasteiger partial charge is 0.491 e. The highest BCUT2D eigenvalue weighted by atomic mass is 19.2. The number of benzene rings is 5. The second-order valence-electron chi connectivity index (χ2n) is 8.36. The van der Waals surface area contributed by atoms with Crippen molar-refractivity contribution in [2.24, 2.45) is 0 Å². The summed E-state index contributed by atoms with van der Waals surface area (Å²) in [6.45, 7) is 0. The van der Waals surface area contributed by atoms with Crippen LogP contribution in [0, 0.1) is 69.8 Å². The molecule has 40 heavy (non-hydrogen) atoms. The molecule has 0 N–H and O–H groups in total. The van der Waals surface area contributed by atoms with Crippen molar-refractivity contribution < 1.29 is 57.4 Å². The van der Waals surface area contributed by atoms with Gasteiger partial charge in [0.2, 0.25) is 11.6 Å². The van der Waals surface area contributed by atoms with Crippen molar-refractivity contribution in [1.82, 2.24) is 0 Å². The summed E-state index contributed by atoms with van der Waals surface area (Å²) in [7, 11) is 0.649. The smallest absolute Gasteiger partial charge is 0.204 e. The van der Waals surface area contributed by atoms with Gasteiger partial charge in [-0.15, -0.1) is 0 Å². The van der Waals surface area contributed by atoms with E-state index in [0.717, 1.165) is 0 Å². The molecule has 0 heterocycles. The first kappa shape index (κ1) is 27.2. The summed E-state index contributed by atoms with van der Waals surface area (Å²) in [5, 5.41) is -4.55. The molecule has 0 aliphatic carbocycles. The zero-order chi connectivity index (χ0) is 29.4. The molecule has 0 aliphatic heterocycles. The van der Waals surface area contributed by atoms with Crippen molar-refractivity contribution in [3.05, 3.63) is 100 Å². The highest BCUT2D eigenvalue weighted by molar-refractivity contribution is 6.21. The Morgan fingerprint density at radius 3 is 1.45 bits per heavy atom. The molecule has 0 aromatic heterocycles. The molecule has 0 radical (unpaired) electrons. The number of halogens is 12. The zero-order valence-corrected chi connectivity index (χ0v) is 19.3. The SMILES string of the molecule is COc1c(F)c(F)c(-c2c3ccc(F)cc3c(-c3cc(F)c(F)c(F)c3)c3c(F)c(F)c(F)c(F)c23)c(F)c1F. The second kappa shape index (κ2) is 9.35. The predicted molar refractivity (Wildman–Crippen MR) is 118 cm³/mol. The number of methoxy groups -OCH3 is 1. The van der Waals surface area contributed by atoms with Crippen LogP contribution >= 0.6 is 0 Å². The Hall–Kier alpha value is -4.42. The molecule has 0 fully saturated rings. The molecule has 5 rings (SSSR count). The third-order valence-electron chi connectivity index (χ3n) is 6.24. The fourth-order valence-corrected chi connectivity index (χ4v) is 4.58. The van der Waals surface area contributed by atoms with E-state index in [2.05, 4.69) is 4.74 Å². The van der Waals surface area contributed by atoms with Crippen LogP contribution in [0.1, 0.15) is 0 Å². The quantitative estimate of drug-likeness (QED) is 0.0902. The highest BCUT2D eigenvalue weighted by Crippen LogP contribution is 2.49. The van der Waals surface area contributed by atoms with E-state index < -0.39 is 119 Å². The van der Waals surface area contributed by atoms with Crippen LogP contribution in [0.5, 0.6) is 5.75 Å². The van der Waals surface area contributed by atoms with Gasteiger partial charge in [-0.05, 0) is 40.6 Å². The summed E-state index contributed by atoms with van der Waals surface area (Å²) in [6.07, 6.45) is 0. The molecular formula is C27H8F12O. The van der Waals surface area contributed by atoms with Gasteiger partial charge in [-0.25, -0.2) is 43.9 Å². The van der Waals surface area contributed by atoms with Gasteiger partial charge < -0.3 is 4.74 Å². The van der Waals surface area contributed by atoms with Crippen LogP contribution in [-0.2, 0) is 0 Å². The van der Waals surface area contributed by atoms with Gasteiger partial charge in [-0.2, -0.15) is 8.78 Å². The summed E-state index contributed by atoms with van der Waals surface area (Å²) < 4.78 is 180. The fraction of sp³-hybridized carbons (Fsp3) is 0.0370. The lowest BCUT2D eigenvalue weighted by atomic mass is 9.84. The molecule has 0 atom stereocenters. The van der Waals surface area contributed by atoms with Gasteiger partial charge >= 0.3 is 0 Å². The first-order valence-electron chi connectivity index (χ1n) is 10.8. The van der Waals surface area contributed by atoms with E-state index in [0.29, 0.717) is 25.3 Å². The molecule has 206 valence electrons. The zero-order valence-electron chi connectivity index (χ0n) is 19.3. The van der Waals surface area contributed by atoms with E-state index in [9.17, 15) is 35.1 Å². The summed E-state index contributed by atoms with van der Waals surface area (Å²) >= 11 is 0. The van der Waals surface area contributed by atoms with Gasteiger partial charge in [0.1, 0.15) is 5.82 Å². The third kappa shape index (κ3) is 3.67. The van der Waals surface area contributed by atoms with Gasteiger partial charge in [0.05, 0.1) is 12.7 Å². The van der Waals surface area contributed by atoms with E-state index in [4.69, 9.17) is 0 Å². The van der Waals surface area contributed by atoms with Gasteiger partial charge in [-0.3, -0.25) is 0 Å². The Balaban J connectivity index is 2.17. The number of rotatable bonds is 3. The Kier molecular flexibility index (Phi) is 6.35. The molecule has 0 saturated heterocycles. The monoisotopic (exact) mass is 576 g/mol. The maximum atomic E-state index is 15.4. The highest BCUT2D eigenvalue weighted by Gasteiger charge is 2.34. The van der Waals surface area contributed by atoms with E-state index in [1.54, 1.807) is 0 Å². The number of hydrogen-bond donors (Lipinski definition) is 0. The van der Waals surface area contributed by atoms with Crippen molar-refractivity contribution in [3.8, 4) is 28.0 Å². The lowest BCUT2D eigenvalue weighted by Crippen LogP contribution is -2.07. The lowest BCUT2D eigenvalue weighted by molar-refractivity contribution is 0.334. The van der Waals surface area contributed by atoms with Gasteiger partial charge in [-0.1, -0.05) is 6.07 Å².